The molecule has 0 aliphatic rings. The van der Waals surface area contributed by atoms with Crippen LogP contribution in [0.2, 0.25) is 0 Å². The maximum absolute atomic E-state index is 2.47. The van der Waals surface area contributed by atoms with E-state index >= 15 is 0 Å². The first-order valence-electron chi connectivity index (χ1n) is 58.5. The summed E-state index contributed by atoms with van der Waals surface area (Å²) in [7, 11) is 0. The quantitative estimate of drug-likeness (QED) is 0.0533. The van der Waals surface area contributed by atoms with Crippen LogP contribution in [0.15, 0.2) is 0 Å². The maximum atomic E-state index is 2.47. The van der Waals surface area contributed by atoms with Crippen LogP contribution in [0.25, 0.3) is 0 Å². The molecule has 0 rings (SSSR count). The topological polar surface area (TPSA) is 0 Å². The molecule has 0 heterocycles. The zero-order valence-electron chi connectivity index (χ0n) is 93.4. The Kier molecular flexibility index (Phi) is 134. The lowest BCUT2D eigenvalue weighted by Gasteiger charge is -2.16. The van der Waals surface area contributed by atoms with E-state index in [1.165, 1.54) is 488 Å². The van der Waals surface area contributed by atoms with Crippen LogP contribution in [-0.2, 0) is 0 Å². The van der Waals surface area contributed by atoms with E-state index in [1.807, 2.05) is 0 Å². The van der Waals surface area contributed by atoms with Crippen LogP contribution in [0.3, 0.4) is 0 Å². The van der Waals surface area contributed by atoms with Gasteiger partial charge in [-0.15, -0.1) is 0 Å². The van der Waals surface area contributed by atoms with Gasteiger partial charge < -0.3 is 0 Å². The fraction of sp³-hybridized carbons (Fsp3) is 1.00. The number of rotatable bonds is 83. The maximum Gasteiger partial charge on any atom is -0.0443 e. The molecule has 122 heavy (non-hydrogen) atoms. The van der Waals surface area contributed by atoms with Crippen LogP contribution in [-0.4, -0.2) is 0 Å². The minimum atomic E-state index is 0.882. The van der Waals surface area contributed by atoms with Crippen molar-refractivity contribution in [3.8, 4) is 0 Å². The first kappa shape index (κ1) is 137. The summed E-state index contributed by atoms with van der Waals surface area (Å²) in [5, 5.41) is 0. The van der Waals surface area contributed by atoms with E-state index in [9.17, 15) is 0 Å². The van der Waals surface area contributed by atoms with Crippen molar-refractivity contribution in [2.45, 2.75) is 703 Å². The van der Waals surface area contributed by atoms with Gasteiger partial charge in [-0.1, -0.05) is 703 Å². The molecule has 748 valence electrons. The molecule has 10 unspecified atom stereocenters. The first-order valence-corrected chi connectivity index (χ1v) is 58.5. The number of hydrogen-bond donors (Lipinski definition) is 0. The highest BCUT2D eigenvalue weighted by Crippen LogP contribution is 2.28. The summed E-state index contributed by atoms with van der Waals surface area (Å²) in [6, 6.07) is 0. The molecule has 0 aromatic carbocycles. The number of unbranched alkanes of at least 4 members (excludes halogenated alkanes) is 35. The Morgan fingerprint density at radius 1 is 0.0902 bits per heavy atom. The van der Waals surface area contributed by atoms with Crippen molar-refractivity contribution in [3.63, 3.8) is 0 Å². The normalized spacial score (nSPS) is 13.8. The van der Waals surface area contributed by atoms with Crippen LogP contribution in [0, 0.1) is 88.8 Å². The second-order valence-electron chi connectivity index (χ2n) is 44.8. The molecule has 10 atom stereocenters. The average Bonchev–Trinajstić information content (AvgIpc) is 1.02. The molecule has 0 spiro atoms. The van der Waals surface area contributed by atoms with Gasteiger partial charge in [-0.05, 0) is 88.8 Å². The molecular weight excluding hydrogens is 1470 g/mol. The van der Waals surface area contributed by atoms with Gasteiger partial charge >= 0.3 is 0 Å². The summed E-state index contributed by atoms with van der Waals surface area (Å²) in [4.78, 5) is 0. The summed E-state index contributed by atoms with van der Waals surface area (Å²) < 4.78 is 0. The summed E-state index contributed by atoms with van der Waals surface area (Å²) in [5.74, 6) is 13.9. The van der Waals surface area contributed by atoms with E-state index in [1.54, 1.807) is 0 Å². The minimum absolute atomic E-state index is 0.882. The highest BCUT2D eigenvalue weighted by atomic mass is 14.2. The van der Waals surface area contributed by atoms with Gasteiger partial charge in [0.1, 0.15) is 0 Å². The van der Waals surface area contributed by atoms with E-state index in [0.717, 1.165) is 88.8 Å². The van der Waals surface area contributed by atoms with Gasteiger partial charge in [0.25, 0.3) is 0 Å². The molecule has 0 heteroatoms. The highest BCUT2D eigenvalue weighted by molar-refractivity contribution is 4.65. The molecule has 0 nitrogen and oxygen atoms in total. The molecule has 0 N–H and O–H groups in total. The second-order valence-corrected chi connectivity index (χ2v) is 44.8. The highest BCUT2D eigenvalue weighted by Gasteiger charge is 2.12. The average molecular weight is 1730 g/mol. The van der Waals surface area contributed by atoms with E-state index in [0.29, 0.717) is 0 Å². The van der Waals surface area contributed by atoms with Gasteiger partial charge in [0, 0.05) is 0 Å². The summed E-state index contributed by atoms with van der Waals surface area (Å²) in [6.07, 6.45) is 109. The molecule has 0 aromatic rings. The third-order valence-corrected chi connectivity index (χ3v) is 27.5. The Morgan fingerprint density at radius 3 is 0.311 bits per heavy atom. The smallest absolute Gasteiger partial charge is 0.0443 e. The van der Waals surface area contributed by atoms with E-state index in [4.69, 9.17) is 0 Å². The zero-order chi connectivity index (χ0) is 93.4. The van der Waals surface area contributed by atoms with E-state index < -0.39 is 0 Å². The van der Waals surface area contributed by atoms with Crippen LogP contribution < -0.4 is 0 Å². The molecule has 0 radical (unpaired) electrons. The standard InChI is InChI=1S/C21H44.C18H38.C17H36.C16H34.C15H32.C13H28.C12H26.C10H22/c1-7-11-19(4)14-9-15-21(6)17-10-16-20(5)13-8-12-18(2)3;1-3-5-7-9-11-13-15-17-18-16-14-12-10-8-6-4-2;1-6-7-11-16(4)13-9-14-17(5)12-8-10-15(2)3;1-6-9-15(4)12-8-13-16(5)11-7-10-14(2)3;1-6-14(4)10-8-12-15(5)11-7-9-13(2)3;1-3-5-7-9-11-13-12-10-8-6-4-2;1-3-5-7-9-11-12-10-8-6-4-2;1-5-10(4)8-6-7-9(2)3/h18-21H,7-17H2,1-6H3;3-18H2,1-2H3;15-17H,6-14H2,1-5H3;14-16H,6-13H2,1-5H3;13-15H,6-12H2,1-5H3;3-13H2,1-2H3;3-12H2,1-2H3;9-10H,5-8H2,1-4H3. The van der Waals surface area contributed by atoms with Crippen LogP contribution in [0.4, 0.5) is 0 Å². The number of hydrogen-bond acceptors (Lipinski definition) is 0. The Bertz CT molecular complexity index is 1630. The summed E-state index contributed by atoms with van der Waals surface area (Å²) in [5.41, 5.74) is 0. The monoisotopic (exact) mass is 1730 g/mol. The van der Waals surface area contributed by atoms with Gasteiger partial charge in [0.2, 0.25) is 0 Å². The third-order valence-electron chi connectivity index (χ3n) is 27.5. The van der Waals surface area contributed by atoms with Crippen molar-refractivity contribution < 1.29 is 0 Å². The Hall–Kier alpha value is 0. The summed E-state index contributed by atoms with van der Waals surface area (Å²) >= 11 is 0. The molecule has 0 saturated carbocycles. The SMILES string of the molecule is CCC(C)CCCC(C)C.CCC(C)CCCC(C)CCCC(C)C.CCCC(C)CCCC(C)CCCC(C)C.CCCC(C)CCCC(C)CCCC(C)CCCC(C)C.CCCCC(C)CCCC(C)CCCC(C)C.CCCCCCCCCCCC.CCCCCCCCCCCCC.CCCCCCCCCCCCCCCCCC. The van der Waals surface area contributed by atoms with Gasteiger partial charge in [0.05, 0.1) is 0 Å². The minimum Gasteiger partial charge on any atom is -0.0654 e. The summed E-state index contributed by atoms with van der Waals surface area (Å²) in [6.45, 7) is 72.7. The van der Waals surface area contributed by atoms with Crippen molar-refractivity contribution in [3.05, 3.63) is 0 Å². The molecule has 0 aromatic heterocycles. The first-order chi connectivity index (χ1) is 58.5. The lowest BCUT2D eigenvalue weighted by atomic mass is 9.90. The largest absolute Gasteiger partial charge is 0.0654 e. The molecule has 0 amide bonds. The fourth-order valence-corrected chi connectivity index (χ4v) is 17.5. The lowest BCUT2D eigenvalue weighted by Crippen LogP contribution is -2.01. The van der Waals surface area contributed by atoms with Crippen molar-refractivity contribution in [1.82, 2.24) is 0 Å². The van der Waals surface area contributed by atoms with Gasteiger partial charge in [-0.3, -0.25) is 0 Å². The fourth-order valence-electron chi connectivity index (χ4n) is 17.5. The predicted molar refractivity (Wildman–Crippen MR) is 579 cm³/mol. The van der Waals surface area contributed by atoms with Crippen molar-refractivity contribution >= 4 is 0 Å². The van der Waals surface area contributed by atoms with E-state index in [-0.39, 0.29) is 0 Å². The molecule has 0 aliphatic carbocycles. The van der Waals surface area contributed by atoms with Crippen LogP contribution in [0.1, 0.15) is 703 Å². The van der Waals surface area contributed by atoms with Gasteiger partial charge in [0.15, 0.2) is 0 Å². The van der Waals surface area contributed by atoms with Crippen molar-refractivity contribution in [1.29, 1.82) is 0 Å². The Balaban J connectivity index is -0.000000205. The van der Waals surface area contributed by atoms with Crippen molar-refractivity contribution in [2.24, 2.45) is 88.8 Å². The Morgan fingerprint density at radius 2 is 0.197 bits per heavy atom. The zero-order valence-corrected chi connectivity index (χ0v) is 93.4. The molecule has 0 aliphatic heterocycles. The predicted octanol–water partition coefficient (Wildman–Crippen LogP) is 47.4. The van der Waals surface area contributed by atoms with E-state index in [2.05, 4.69) is 215 Å². The lowest BCUT2D eigenvalue weighted by molar-refractivity contribution is 0.374. The molecule has 0 saturated heterocycles. The van der Waals surface area contributed by atoms with Gasteiger partial charge in [-0.25, -0.2) is 0 Å². The Labute approximate surface area is 786 Å². The third kappa shape index (κ3) is 146. The van der Waals surface area contributed by atoms with Crippen molar-refractivity contribution in [2.75, 3.05) is 0 Å². The second kappa shape index (κ2) is 119. The van der Waals surface area contributed by atoms with Crippen LogP contribution >= 0.6 is 0 Å². The molecular formula is C122H260. The van der Waals surface area contributed by atoms with Gasteiger partial charge in [-0.2, -0.15) is 0 Å². The van der Waals surface area contributed by atoms with Crippen LogP contribution in [0.5, 0.6) is 0 Å². The molecule has 0 fully saturated rings. The molecule has 0 bridgehead atoms.